The van der Waals surface area contributed by atoms with Crippen molar-refractivity contribution in [2.75, 3.05) is 13.1 Å². The van der Waals surface area contributed by atoms with Crippen LogP contribution in [0.25, 0.3) is 0 Å². The fourth-order valence-electron chi connectivity index (χ4n) is 2.07. The second-order valence-corrected chi connectivity index (χ2v) is 4.45. The molecule has 2 amide bonds. The van der Waals surface area contributed by atoms with Crippen LogP contribution in [0, 0.1) is 5.92 Å². The van der Waals surface area contributed by atoms with Crippen LogP contribution in [0.3, 0.4) is 0 Å². The Balaban J connectivity index is 2.31. The van der Waals surface area contributed by atoms with E-state index in [1.165, 1.54) is 0 Å². The van der Waals surface area contributed by atoms with E-state index in [9.17, 15) is 14.4 Å². The number of rotatable bonds is 5. The van der Waals surface area contributed by atoms with Gasteiger partial charge in [0.25, 0.3) is 0 Å². The van der Waals surface area contributed by atoms with E-state index in [4.69, 9.17) is 10.8 Å². The van der Waals surface area contributed by atoms with Gasteiger partial charge in [0.2, 0.25) is 11.8 Å². The first kappa shape index (κ1) is 14.4. The number of hydrogen-bond donors (Lipinski definition) is 4. The fourth-order valence-corrected chi connectivity index (χ4v) is 2.07. The number of carbonyl (C=O) groups excluding carboxylic acids is 2. The van der Waals surface area contributed by atoms with E-state index >= 15 is 0 Å². The van der Waals surface area contributed by atoms with E-state index in [1.54, 1.807) is 0 Å². The number of nitrogens with two attached hydrogens (primary N) is 1. The summed E-state index contributed by atoms with van der Waals surface area (Å²) >= 11 is 0. The standard InChI is InChI=1S/C11H19N3O4/c12-5-9(15)13-6-10(16)14-8-3-1-2-7(4-8)11(17)18/h7-8H,1-6,12H2,(H,13,15)(H,14,16)(H,17,18). The molecule has 0 aromatic rings. The molecule has 5 N–H and O–H groups in total. The molecule has 1 saturated carbocycles. The topological polar surface area (TPSA) is 122 Å². The Morgan fingerprint density at radius 2 is 1.94 bits per heavy atom. The summed E-state index contributed by atoms with van der Waals surface area (Å²) in [4.78, 5) is 33.2. The summed E-state index contributed by atoms with van der Waals surface area (Å²) in [5.74, 6) is -1.90. The van der Waals surface area contributed by atoms with Crippen LogP contribution >= 0.6 is 0 Å². The minimum Gasteiger partial charge on any atom is -0.481 e. The molecule has 1 aliphatic carbocycles. The first-order valence-electron chi connectivity index (χ1n) is 6.02. The Morgan fingerprint density at radius 3 is 2.56 bits per heavy atom. The SMILES string of the molecule is NCC(=O)NCC(=O)NC1CCCC(C(=O)O)C1. The van der Waals surface area contributed by atoms with Crippen molar-refractivity contribution in [2.24, 2.45) is 11.7 Å². The van der Waals surface area contributed by atoms with Gasteiger partial charge in [-0.05, 0) is 19.3 Å². The number of carboxylic acids is 1. The van der Waals surface area contributed by atoms with Gasteiger partial charge in [-0.3, -0.25) is 14.4 Å². The molecule has 7 heteroatoms. The van der Waals surface area contributed by atoms with Gasteiger partial charge in [0.05, 0.1) is 19.0 Å². The summed E-state index contributed by atoms with van der Waals surface area (Å²) in [6, 6.07) is -0.123. The van der Waals surface area contributed by atoms with E-state index < -0.39 is 11.9 Å². The van der Waals surface area contributed by atoms with Crippen LogP contribution in [-0.2, 0) is 14.4 Å². The van der Waals surface area contributed by atoms with Crippen molar-refractivity contribution in [3.8, 4) is 0 Å². The number of hydrogen-bond acceptors (Lipinski definition) is 4. The minimum absolute atomic E-state index is 0.121. The summed E-state index contributed by atoms with van der Waals surface area (Å²) in [5, 5.41) is 14.0. The van der Waals surface area contributed by atoms with Crippen LogP contribution in [0.5, 0.6) is 0 Å². The van der Waals surface area contributed by atoms with Gasteiger partial charge in [-0.15, -0.1) is 0 Å². The van der Waals surface area contributed by atoms with Gasteiger partial charge < -0.3 is 21.5 Å². The highest BCUT2D eigenvalue weighted by atomic mass is 16.4. The third-order valence-corrected chi connectivity index (χ3v) is 3.02. The summed E-state index contributed by atoms with van der Waals surface area (Å²) in [5.41, 5.74) is 5.08. The maximum atomic E-state index is 11.5. The number of amides is 2. The van der Waals surface area contributed by atoms with Crippen molar-refractivity contribution in [3.63, 3.8) is 0 Å². The van der Waals surface area contributed by atoms with Crippen LogP contribution in [0.4, 0.5) is 0 Å². The molecule has 7 nitrogen and oxygen atoms in total. The zero-order valence-corrected chi connectivity index (χ0v) is 10.1. The quantitative estimate of drug-likeness (QED) is 0.494. The fraction of sp³-hybridized carbons (Fsp3) is 0.727. The summed E-state index contributed by atoms with van der Waals surface area (Å²) in [7, 11) is 0. The number of carboxylic acid groups (broad SMARTS) is 1. The maximum Gasteiger partial charge on any atom is 0.306 e. The van der Waals surface area contributed by atoms with Crippen LogP contribution in [0.2, 0.25) is 0 Å². The predicted octanol–water partition coefficient (Wildman–Crippen LogP) is -1.18. The molecule has 0 aliphatic heterocycles. The lowest BCUT2D eigenvalue weighted by Gasteiger charge is -2.27. The van der Waals surface area contributed by atoms with Crippen molar-refractivity contribution in [1.82, 2.24) is 10.6 Å². The third-order valence-electron chi connectivity index (χ3n) is 3.02. The predicted molar refractivity (Wildman–Crippen MR) is 63.6 cm³/mol. The van der Waals surface area contributed by atoms with E-state index in [1.807, 2.05) is 0 Å². The molecule has 0 bridgehead atoms. The Hall–Kier alpha value is -1.63. The van der Waals surface area contributed by atoms with Gasteiger partial charge in [0.15, 0.2) is 0 Å². The highest BCUT2D eigenvalue weighted by Crippen LogP contribution is 2.24. The van der Waals surface area contributed by atoms with Crippen molar-refractivity contribution in [2.45, 2.75) is 31.7 Å². The van der Waals surface area contributed by atoms with Crippen molar-refractivity contribution in [3.05, 3.63) is 0 Å². The molecular formula is C11H19N3O4. The second-order valence-electron chi connectivity index (χ2n) is 4.45. The van der Waals surface area contributed by atoms with Crippen LogP contribution < -0.4 is 16.4 Å². The third kappa shape index (κ3) is 4.70. The van der Waals surface area contributed by atoms with Crippen molar-refractivity contribution >= 4 is 17.8 Å². The Morgan fingerprint density at radius 1 is 1.22 bits per heavy atom. The largest absolute Gasteiger partial charge is 0.481 e. The van der Waals surface area contributed by atoms with Crippen LogP contribution in [0.1, 0.15) is 25.7 Å². The molecule has 0 aromatic carbocycles. The van der Waals surface area contributed by atoms with E-state index in [2.05, 4.69) is 10.6 Å². The van der Waals surface area contributed by atoms with Crippen LogP contribution in [0.15, 0.2) is 0 Å². The molecule has 0 heterocycles. The molecule has 18 heavy (non-hydrogen) atoms. The van der Waals surface area contributed by atoms with Gasteiger partial charge in [-0.2, -0.15) is 0 Å². The van der Waals surface area contributed by atoms with Gasteiger partial charge in [-0.1, -0.05) is 6.42 Å². The van der Waals surface area contributed by atoms with Gasteiger partial charge in [0, 0.05) is 6.04 Å². The monoisotopic (exact) mass is 257 g/mol. The number of carbonyl (C=O) groups is 3. The maximum absolute atomic E-state index is 11.5. The summed E-state index contributed by atoms with van der Waals surface area (Å²) in [6.45, 7) is -0.276. The van der Waals surface area contributed by atoms with Gasteiger partial charge >= 0.3 is 5.97 Å². The zero-order valence-electron chi connectivity index (χ0n) is 10.1. The Kier molecular flexibility index (Phi) is 5.57. The van der Waals surface area contributed by atoms with E-state index in [0.717, 1.165) is 12.8 Å². The zero-order chi connectivity index (χ0) is 13.5. The molecular weight excluding hydrogens is 238 g/mol. The van der Waals surface area contributed by atoms with E-state index in [-0.39, 0.29) is 31.0 Å². The molecule has 1 aliphatic rings. The smallest absolute Gasteiger partial charge is 0.306 e. The molecule has 2 unspecified atom stereocenters. The summed E-state index contributed by atoms with van der Waals surface area (Å²) in [6.07, 6.45) is 2.68. The molecule has 0 aromatic heterocycles. The van der Waals surface area contributed by atoms with Crippen LogP contribution in [-0.4, -0.2) is 42.0 Å². The Bertz CT molecular complexity index is 332. The van der Waals surface area contributed by atoms with Crippen molar-refractivity contribution < 1.29 is 19.5 Å². The molecule has 1 rings (SSSR count). The Labute approximate surface area is 105 Å². The lowest BCUT2D eigenvalue weighted by Crippen LogP contribution is -2.45. The average Bonchev–Trinajstić information content (AvgIpc) is 2.36. The van der Waals surface area contributed by atoms with Gasteiger partial charge in [0.1, 0.15) is 0 Å². The highest BCUT2D eigenvalue weighted by Gasteiger charge is 2.27. The summed E-state index contributed by atoms with van der Waals surface area (Å²) < 4.78 is 0. The number of nitrogens with one attached hydrogen (secondary N) is 2. The second kappa shape index (κ2) is 6.95. The molecule has 0 saturated heterocycles. The first-order chi connectivity index (χ1) is 8.52. The molecule has 102 valence electrons. The minimum atomic E-state index is -0.814. The molecule has 0 spiro atoms. The first-order valence-corrected chi connectivity index (χ1v) is 6.02. The highest BCUT2D eigenvalue weighted by molar-refractivity contribution is 5.85. The van der Waals surface area contributed by atoms with E-state index in [0.29, 0.717) is 12.8 Å². The lowest BCUT2D eigenvalue weighted by molar-refractivity contribution is -0.143. The van der Waals surface area contributed by atoms with Crippen molar-refractivity contribution in [1.29, 1.82) is 0 Å². The normalized spacial score (nSPS) is 23.2. The average molecular weight is 257 g/mol. The number of aliphatic carboxylic acids is 1. The molecule has 0 radical (unpaired) electrons. The van der Waals surface area contributed by atoms with Gasteiger partial charge in [-0.25, -0.2) is 0 Å². The molecule has 1 fully saturated rings. The molecule has 2 atom stereocenters. The lowest BCUT2D eigenvalue weighted by atomic mass is 9.86.